The summed E-state index contributed by atoms with van der Waals surface area (Å²) in [6, 6.07) is 9.35. The van der Waals surface area contributed by atoms with Gasteiger partial charge in [-0.2, -0.15) is 0 Å². The first kappa shape index (κ1) is 23.4. The van der Waals surface area contributed by atoms with Crippen LogP contribution in [-0.4, -0.2) is 46.1 Å². The molecule has 1 aliphatic rings. The van der Waals surface area contributed by atoms with Gasteiger partial charge in [0.15, 0.2) is 5.58 Å². The topological polar surface area (TPSA) is 102 Å². The Balaban J connectivity index is 1.45. The van der Waals surface area contributed by atoms with Gasteiger partial charge in [-0.05, 0) is 43.5 Å². The van der Waals surface area contributed by atoms with E-state index in [0.717, 1.165) is 24.5 Å². The number of rotatable bonds is 7. The molecular formula is C24H23Cl2N5O4. The molecule has 1 saturated heterocycles. The van der Waals surface area contributed by atoms with Crippen molar-refractivity contribution in [3.05, 3.63) is 52.2 Å². The quantitative estimate of drug-likeness (QED) is 0.279. The van der Waals surface area contributed by atoms with Gasteiger partial charge < -0.3 is 19.4 Å². The Labute approximate surface area is 210 Å². The number of fused-ring (bicyclic) bond motifs is 2. The van der Waals surface area contributed by atoms with Crippen molar-refractivity contribution >= 4 is 68.4 Å². The van der Waals surface area contributed by atoms with Gasteiger partial charge in [-0.1, -0.05) is 11.6 Å². The Bertz CT molecular complexity index is 1450. The van der Waals surface area contributed by atoms with Crippen LogP contribution in [0.5, 0.6) is 0 Å². The minimum absolute atomic E-state index is 0.00358. The Morgan fingerprint density at radius 3 is 2.74 bits per heavy atom. The van der Waals surface area contributed by atoms with Crippen LogP contribution < -0.4 is 16.0 Å². The summed E-state index contributed by atoms with van der Waals surface area (Å²) in [6.45, 7) is 2.15. The van der Waals surface area contributed by atoms with E-state index in [2.05, 4.69) is 20.2 Å². The maximum absolute atomic E-state index is 12.4. The second kappa shape index (κ2) is 10.1. The molecule has 0 amide bonds. The molecule has 0 unspecified atom stereocenters. The number of nitrogens with one attached hydrogen (secondary N) is 1. The van der Waals surface area contributed by atoms with Crippen LogP contribution in [-0.2, 0) is 16.1 Å². The smallest absolute Gasteiger partial charge is 0.420 e. The zero-order valence-corrected chi connectivity index (χ0v) is 20.3. The maximum atomic E-state index is 12.4. The summed E-state index contributed by atoms with van der Waals surface area (Å²) in [5.74, 6) is -0.795. The van der Waals surface area contributed by atoms with Gasteiger partial charge >= 0.3 is 11.7 Å². The van der Waals surface area contributed by atoms with Gasteiger partial charge in [0.25, 0.3) is 0 Å². The molecule has 182 valence electrons. The van der Waals surface area contributed by atoms with E-state index >= 15 is 0 Å². The molecule has 1 aliphatic heterocycles. The Kier molecular flexibility index (Phi) is 6.79. The zero-order chi connectivity index (χ0) is 24.4. The number of hydrogen-bond donors (Lipinski definition) is 1. The van der Waals surface area contributed by atoms with Gasteiger partial charge in [-0.3, -0.25) is 9.36 Å². The van der Waals surface area contributed by atoms with E-state index in [0.29, 0.717) is 32.8 Å². The maximum Gasteiger partial charge on any atom is 0.420 e. The van der Waals surface area contributed by atoms with Crippen LogP contribution in [0.1, 0.15) is 19.3 Å². The number of aromatic nitrogens is 3. The van der Waals surface area contributed by atoms with Crippen LogP contribution >= 0.6 is 23.2 Å². The summed E-state index contributed by atoms with van der Waals surface area (Å²) < 4.78 is 11.8. The van der Waals surface area contributed by atoms with Crippen molar-refractivity contribution in [1.82, 2.24) is 14.5 Å². The van der Waals surface area contributed by atoms with E-state index < -0.39 is 11.7 Å². The number of ether oxygens (including phenoxy) is 1. The summed E-state index contributed by atoms with van der Waals surface area (Å²) in [5, 5.41) is 4.69. The molecule has 1 N–H and O–H groups in total. The minimum atomic E-state index is -0.556. The first-order chi connectivity index (χ1) is 17.0. The molecule has 5 rings (SSSR count). The first-order valence-electron chi connectivity index (χ1n) is 11.3. The molecule has 0 radical (unpaired) electrons. The SMILES string of the molecule is O=C(CCl)OCCn1c(=O)oc2cc3ncnc(Nc4ccc(N5CCCCC5)c(Cl)c4)c3cc21. The molecule has 1 fully saturated rings. The predicted octanol–water partition coefficient (Wildman–Crippen LogP) is 4.71. The molecule has 35 heavy (non-hydrogen) atoms. The van der Waals surface area contributed by atoms with Gasteiger partial charge in [-0.25, -0.2) is 14.8 Å². The van der Waals surface area contributed by atoms with Gasteiger partial charge in [0.05, 0.1) is 28.3 Å². The Morgan fingerprint density at radius 2 is 1.97 bits per heavy atom. The lowest BCUT2D eigenvalue weighted by atomic mass is 10.1. The highest BCUT2D eigenvalue weighted by molar-refractivity contribution is 6.33. The van der Waals surface area contributed by atoms with Gasteiger partial charge in [0.1, 0.15) is 24.6 Å². The molecular weight excluding hydrogens is 493 g/mol. The predicted molar refractivity (Wildman–Crippen MR) is 136 cm³/mol. The number of carbonyl (C=O) groups is 1. The number of anilines is 3. The van der Waals surface area contributed by atoms with Gasteiger partial charge in [-0.15, -0.1) is 11.6 Å². The third-order valence-electron chi connectivity index (χ3n) is 6.02. The molecule has 11 heteroatoms. The van der Waals surface area contributed by atoms with E-state index in [9.17, 15) is 9.59 Å². The molecule has 2 aromatic carbocycles. The van der Waals surface area contributed by atoms with Crippen LogP contribution in [0.25, 0.3) is 22.0 Å². The van der Waals surface area contributed by atoms with Crippen molar-refractivity contribution in [3.63, 3.8) is 0 Å². The summed E-state index contributed by atoms with van der Waals surface area (Å²) >= 11 is 12.1. The molecule has 4 aromatic rings. The number of nitrogens with zero attached hydrogens (tertiary/aromatic N) is 4. The highest BCUT2D eigenvalue weighted by Crippen LogP contribution is 2.33. The Morgan fingerprint density at radius 1 is 1.14 bits per heavy atom. The Hall–Kier alpha value is -3.30. The monoisotopic (exact) mass is 515 g/mol. The van der Waals surface area contributed by atoms with Crippen molar-refractivity contribution in [2.75, 3.05) is 35.8 Å². The lowest BCUT2D eigenvalue weighted by Crippen LogP contribution is -2.29. The molecule has 3 heterocycles. The standard InChI is InChI=1S/C24H23Cl2N5O4/c25-13-22(32)34-9-8-31-20-11-16-18(12-21(20)35-24(31)33)27-14-28-23(16)29-15-4-5-19(17(26)10-15)30-6-2-1-3-7-30/h4-5,10-12,14H,1-3,6-9,13H2,(H,27,28,29). The third-order valence-corrected chi connectivity index (χ3v) is 6.54. The second-order valence-corrected chi connectivity index (χ2v) is 8.95. The third kappa shape index (κ3) is 4.92. The van der Waals surface area contributed by atoms with Crippen LogP contribution in [0, 0.1) is 0 Å². The molecule has 0 aliphatic carbocycles. The van der Waals surface area contributed by atoms with Crippen molar-refractivity contribution in [2.24, 2.45) is 0 Å². The summed E-state index contributed by atoms with van der Waals surface area (Å²) in [5.41, 5.74) is 3.35. The van der Waals surface area contributed by atoms with E-state index in [1.54, 1.807) is 12.1 Å². The van der Waals surface area contributed by atoms with E-state index in [-0.39, 0.29) is 19.0 Å². The average molecular weight is 516 g/mol. The lowest BCUT2D eigenvalue weighted by Gasteiger charge is -2.29. The van der Waals surface area contributed by atoms with Crippen LogP contribution in [0.2, 0.25) is 5.02 Å². The highest BCUT2D eigenvalue weighted by Gasteiger charge is 2.16. The van der Waals surface area contributed by atoms with Crippen LogP contribution in [0.4, 0.5) is 17.2 Å². The normalized spacial score (nSPS) is 13.9. The number of benzene rings is 2. The number of oxazole rings is 1. The summed E-state index contributed by atoms with van der Waals surface area (Å²) in [4.78, 5) is 34.8. The number of esters is 1. The summed E-state index contributed by atoms with van der Waals surface area (Å²) in [7, 11) is 0. The summed E-state index contributed by atoms with van der Waals surface area (Å²) in [6.07, 6.45) is 5.05. The zero-order valence-electron chi connectivity index (χ0n) is 18.8. The largest absolute Gasteiger partial charge is 0.463 e. The van der Waals surface area contributed by atoms with Crippen LogP contribution in [0.3, 0.4) is 0 Å². The molecule has 0 bridgehead atoms. The van der Waals surface area contributed by atoms with Crippen molar-refractivity contribution in [1.29, 1.82) is 0 Å². The van der Waals surface area contributed by atoms with E-state index in [4.69, 9.17) is 32.4 Å². The fourth-order valence-corrected chi connectivity index (χ4v) is 4.70. The van der Waals surface area contributed by atoms with E-state index in [1.165, 1.54) is 30.2 Å². The van der Waals surface area contributed by atoms with Crippen LogP contribution in [0.15, 0.2) is 45.9 Å². The molecule has 0 saturated carbocycles. The lowest BCUT2D eigenvalue weighted by molar-refractivity contribution is -0.140. The molecule has 0 spiro atoms. The fraction of sp³-hybridized carbons (Fsp3) is 0.333. The van der Waals surface area contributed by atoms with Crippen molar-refractivity contribution in [3.8, 4) is 0 Å². The molecule has 9 nitrogen and oxygen atoms in total. The number of hydrogen-bond acceptors (Lipinski definition) is 8. The average Bonchev–Trinajstić information content (AvgIpc) is 3.17. The first-order valence-corrected chi connectivity index (χ1v) is 12.3. The fourth-order valence-electron chi connectivity index (χ4n) is 4.33. The number of carbonyl (C=O) groups excluding carboxylic acids is 1. The molecule has 2 aromatic heterocycles. The van der Waals surface area contributed by atoms with Gasteiger partial charge in [0.2, 0.25) is 0 Å². The number of piperidine rings is 1. The number of alkyl halides is 1. The molecule has 0 atom stereocenters. The van der Waals surface area contributed by atoms with Crippen molar-refractivity contribution in [2.45, 2.75) is 25.8 Å². The van der Waals surface area contributed by atoms with Gasteiger partial charge in [0, 0.05) is 30.2 Å². The van der Waals surface area contributed by atoms with Crippen molar-refractivity contribution < 1.29 is 13.9 Å². The number of halogens is 2. The minimum Gasteiger partial charge on any atom is -0.463 e. The van der Waals surface area contributed by atoms with E-state index in [1.807, 2.05) is 18.2 Å². The highest BCUT2D eigenvalue weighted by atomic mass is 35.5. The second-order valence-electron chi connectivity index (χ2n) is 8.27.